The van der Waals surface area contributed by atoms with Gasteiger partial charge in [-0.25, -0.2) is 0 Å². The molecule has 0 spiro atoms. The van der Waals surface area contributed by atoms with Crippen molar-refractivity contribution in [1.29, 1.82) is 0 Å². The minimum absolute atomic E-state index is 0.0239. The fraction of sp³-hybridized carbons (Fsp3) is 0.533. The average molecular weight is 298 g/mol. The second kappa shape index (κ2) is 6.84. The summed E-state index contributed by atoms with van der Waals surface area (Å²) in [4.78, 5) is 13.5. The molecule has 0 atom stereocenters. The van der Waals surface area contributed by atoms with Crippen molar-refractivity contribution >= 4 is 17.5 Å². The zero-order chi connectivity index (χ0) is 14.5. The molecule has 0 aliphatic carbocycles. The zero-order valence-electron chi connectivity index (χ0n) is 11.9. The number of carbonyl (C=O) groups excluding carboxylic acids is 1. The molecule has 4 nitrogen and oxygen atoms in total. The van der Waals surface area contributed by atoms with Crippen LogP contribution >= 0.6 is 11.6 Å². The van der Waals surface area contributed by atoms with Crippen molar-refractivity contribution in [1.82, 2.24) is 4.90 Å². The summed E-state index contributed by atoms with van der Waals surface area (Å²) in [5, 5.41) is 0. The summed E-state index contributed by atoms with van der Waals surface area (Å²) in [6.45, 7) is 6.39. The normalized spacial score (nSPS) is 13.8. The number of fused-ring (bicyclic) bond motifs is 1. The van der Waals surface area contributed by atoms with Gasteiger partial charge in [-0.2, -0.15) is 0 Å². The molecule has 1 amide bonds. The standard InChI is InChI=1S/C15H20ClNO3/c1-3-19-13-7-11-5-6-17(15(18)9-16)10-12(11)8-14(13)20-4-2/h7-8H,3-6,9-10H2,1-2H3. The molecule has 0 saturated heterocycles. The molecular weight excluding hydrogens is 278 g/mol. The Bertz CT molecular complexity index is 490. The van der Waals surface area contributed by atoms with E-state index in [9.17, 15) is 4.79 Å². The van der Waals surface area contributed by atoms with Crippen LogP contribution in [0, 0.1) is 0 Å². The van der Waals surface area contributed by atoms with E-state index in [-0.39, 0.29) is 11.8 Å². The minimum atomic E-state index is -0.0239. The summed E-state index contributed by atoms with van der Waals surface area (Å²) >= 11 is 5.62. The molecule has 0 N–H and O–H groups in total. The van der Waals surface area contributed by atoms with Gasteiger partial charge in [-0.3, -0.25) is 4.79 Å². The van der Waals surface area contributed by atoms with Gasteiger partial charge in [0.25, 0.3) is 0 Å². The van der Waals surface area contributed by atoms with Crippen LogP contribution in [0.1, 0.15) is 25.0 Å². The highest BCUT2D eigenvalue weighted by molar-refractivity contribution is 6.27. The van der Waals surface area contributed by atoms with Crippen LogP contribution in [0.15, 0.2) is 12.1 Å². The molecule has 1 aliphatic rings. The van der Waals surface area contributed by atoms with Crippen molar-refractivity contribution in [3.05, 3.63) is 23.3 Å². The maximum Gasteiger partial charge on any atom is 0.237 e. The van der Waals surface area contributed by atoms with E-state index < -0.39 is 0 Å². The molecule has 2 rings (SSSR count). The predicted molar refractivity (Wildman–Crippen MR) is 78.6 cm³/mol. The molecular formula is C15H20ClNO3. The Kier molecular flexibility index (Phi) is 5.12. The Morgan fingerprint density at radius 1 is 1.20 bits per heavy atom. The van der Waals surface area contributed by atoms with Crippen LogP contribution in [-0.2, 0) is 17.8 Å². The molecule has 0 bridgehead atoms. The monoisotopic (exact) mass is 297 g/mol. The van der Waals surface area contributed by atoms with Crippen LogP contribution in [-0.4, -0.2) is 36.4 Å². The SMILES string of the molecule is CCOc1cc2c(cc1OCC)CN(C(=O)CCl)CC2. The maximum atomic E-state index is 11.7. The lowest BCUT2D eigenvalue weighted by molar-refractivity contribution is -0.129. The van der Waals surface area contributed by atoms with E-state index in [1.54, 1.807) is 4.90 Å². The second-order valence-electron chi connectivity index (χ2n) is 4.63. The topological polar surface area (TPSA) is 38.8 Å². The van der Waals surface area contributed by atoms with E-state index in [0.29, 0.717) is 26.3 Å². The lowest BCUT2D eigenvalue weighted by Gasteiger charge is -2.29. The summed E-state index contributed by atoms with van der Waals surface area (Å²) in [5.41, 5.74) is 2.33. The van der Waals surface area contributed by atoms with E-state index in [0.717, 1.165) is 23.5 Å². The number of rotatable bonds is 5. The second-order valence-corrected chi connectivity index (χ2v) is 4.90. The van der Waals surface area contributed by atoms with Gasteiger partial charge in [0.1, 0.15) is 5.88 Å². The van der Waals surface area contributed by atoms with Crippen LogP contribution in [0.2, 0.25) is 0 Å². The third kappa shape index (κ3) is 3.18. The van der Waals surface area contributed by atoms with E-state index in [1.807, 2.05) is 26.0 Å². The van der Waals surface area contributed by atoms with E-state index in [4.69, 9.17) is 21.1 Å². The highest BCUT2D eigenvalue weighted by Crippen LogP contribution is 2.33. The van der Waals surface area contributed by atoms with E-state index >= 15 is 0 Å². The molecule has 0 unspecified atom stereocenters. The summed E-state index contributed by atoms with van der Waals surface area (Å²) in [5.74, 6) is 1.53. The Balaban J connectivity index is 2.27. The lowest BCUT2D eigenvalue weighted by atomic mass is 9.99. The van der Waals surface area contributed by atoms with Crippen LogP contribution in [0.4, 0.5) is 0 Å². The van der Waals surface area contributed by atoms with Gasteiger partial charge in [-0.05, 0) is 43.5 Å². The van der Waals surface area contributed by atoms with Crippen LogP contribution in [0.3, 0.4) is 0 Å². The summed E-state index contributed by atoms with van der Waals surface area (Å²) in [6.07, 6.45) is 0.824. The van der Waals surface area contributed by atoms with Crippen molar-refractivity contribution in [2.45, 2.75) is 26.8 Å². The van der Waals surface area contributed by atoms with Crippen molar-refractivity contribution in [3.63, 3.8) is 0 Å². The van der Waals surface area contributed by atoms with Crippen LogP contribution in [0.25, 0.3) is 0 Å². The summed E-state index contributed by atoms with van der Waals surface area (Å²) < 4.78 is 11.2. The molecule has 0 saturated carbocycles. The summed E-state index contributed by atoms with van der Waals surface area (Å²) in [6, 6.07) is 4.02. The average Bonchev–Trinajstić information content (AvgIpc) is 2.47. The fourth-order valence-electron chi connectivity index (χ4n) is 2.40. The Morgan fingerprint density at radius 3 is 2.35 bits per heavy atom. The first-order valence-electron chi connectivity index (χ1n) is 6.94. The quantitative estimate of drug-likeness (QED) is 0.784. The van der Waals surface area contributed by atoms with Crippen molar-refractivity contribution in [2.75, 3.05) is 25.6 Å². The molecule has 0 aromatic heterocycles. The maximum absolute atomic E-state index is 11.7. The molecule has 20 heavy (non-hydrogen) atoms. The highest BCUT2D eigenvalue weighted by atomic mass is 35.5. The smallest absolute Gasteiger partial charge is 0.237 e. The van der Waals surface area contributed by atoms with Gasteiger partial charge in [0.2, 0.25) is 5.91 Å². The lowest BCUT2D eigenvalue weighted by Crippen LogP contribution is -2.36. The molecule has 1 aromatic rings. The molecule has 110 valence electrons. The first-order chi connectivity index (χ1) is 9.69. The molecule has 1 aliphatic heterocycles. The van der Waals surface area contributed by atoms with Gasteiger partial charge in [0.05, 0.1) is 13.2 Å². The van der Waals surface area contributed by atoms with Crippen molar-refractivity contribution in [2.24, 2.45) is 0 Å². The van der Waals surface area contributed by atoms with Gasteiger partial charge >= 0.3 is 0 Å². The third-order valence-electron chi connectivity index (χ3n) is 3.34. The van der Waals surface area contributed by atoms with Crippen LogP contribution < -0.4 is 9.47 Å². The number of benzene rings is 1. The number of hydrogen-bond acceptors (Lipinski definition) is 3. The van der Waals surface area contributed by atoms with Gasteiger partial charge in [0, 0.05) is 13.1 Å². The largest absolute Gasteiger partial charge is 0.490 e. The molecule has 0 radical (unpaired) electrons. The Labute approximate surface area is 124 Å². The number of ether oxygens (including phenoxy) is 2. The zero-order valence-corrected chi connectivity index (χ0v) is 12.7. The Morgan fingerprint density at radius 2 is 1.80 bits per heavy atom. The number of alkyl halides is 1. The van der Waals surface area contributed by atoms with Gasteiger partial charge in [-0.15, -0.1) is 11.6 Å². The van der Waals surface area contributed by atoms with Crippen LogP contribution in [0.5, 0.6) is 11.5 Å². The van der Waals surface area contributed by atoms with E-state index in [1.165, 1.54) is 5.56 Å². The minimum Gasteiger partial charge on any atom is -0.490 e. The van der Waals surface area contributed by atoms with Crippen molar-refractivity contribution in [3.8, 4) is 11.5 Å². The predicted octanol–water partition coefficient (Wildman–Crippen LogP) is 2.61. The number of nitrogens with zero attached hydrogens (tertiary/aromatic N) is 1. The van der Waals surface area contributed by atoms with E-state index in [2.05, 4.69) is 0 Å². The number of hydrogen-bond donors (Lipinski definition) is 0. The third-order valence-corrected chi connectivity index (χ3v) is 3.57. The molecule has 1 heterocycles. The molecule has 0 fully saturated rings. The first-order valence-corrected chi connectivity index (χ1v) is 7.48. The highest BCUT2D eigenvalue weighted by Gasteiger charge is 2.22. The number of amides is 1. The van der Waals surface area contributed by atoms with Crippen molar-refractivity contribution < 1.29 is 14.3 Å². The molecule has 5 heteroatoms. The number of halogens is 1. The van der Waals surface area contributed by atoms with Gasteiger partial charge in [-0.1, -0.05) is 0 Å². The van der Waals surface area contributed by atoms with Gasteiger partial charge < -0.3 is 14.4 Å². The Hall–Kier alpha value is -1.42. The number of carbonyl (C=O) groups is 1. The van der Waals surface area contributed by atoms with Gasteiger partial charge in [0.15, 0.2) is 11.5 Å². The fourth-order valence-corrected chi connectivity index (χ4v) is 2.57. The first kappa shape index (κ1) is 15.0. The molecule has 1 aromatic carbocycles. The summed E-state index contributed by atoms with van der Waals surface area (Å²) in [7, 11) is 0.